The van der Waals surface area contributed by atoms with Crippen LogP contribution in [0.1, 0.15) is 43.6 Å². The number of aliphatic hydroxyl groups is 1. The van der Waals surface area contributed by atoms with Crippen molar-refractivity contribution in [2.24, 2.45) is 0 Å². The molecule has 0 aromatic heterocycles. The monoisotopic (exact) mass is 433 g/mol. The molecule has 27 heavy (non-hydrogen) atoms. The van der Waals surface area contributed by atoms with Gasteiger partial charge in [0.15, 0.2) is 0 Å². The van der Waals surface area contributed by atoms with Crippen molar-refractivity contribution in [3.05, 3.63) is 69.7 Å². The van der Waals surface area contributed by atoms with Crippen LogP contribution in [0.25, 0.3) is 0 Å². The zero-order valence-electron chi connectivity index (χ0n) is 16.4. The van der Waals surface area contributed by atoms with Crippen LogP contribution in [0.3, 0.4) is 0 Å². The number of carbonyl (C=O) groups excluding carboxylic acids is 1. The van der Waals surface area contributed by atoms with Crippen LogP contribution >= 0.6 is 15.9 Å². The zero-order valence-corrected chi connectivity index (χ0v) is 18.0. The molecule has 0 aliphatic heterocycles. The molecule has 4 nitrogen and oxygen atoms in total. The number of hydrogen-bond donors (Lipinski definition) is 1. The van der Waals surface area contributed by atoms with E-state index in [1.807, 2.05) is 52.0 Å². The topological polar surface area (TPSA) is 49.8 Å². The van der Waals surface area contributed by atoms with E-state index in [1.54, 1.807) is 4.90 Å². The number of nitrogens with zero attached hydrogens (tertiary/aromatic N) is 1. The molecule has 5 heteroatoms. The van der Waals surface area contributed by atoms with E-state index in [4.69, 9.17) is 4.74 Å². The molecule has 0 unspecified atom stereocenters. The number of halogens is 1. The smallest absolute Gasteiger partial charge is 0.410 e. The normalized spacial score (nSPS) is 12.5. The van der Waals surface area contributed by atoms with Gasteiger partial charge in [0, 0.05) is 11.0 Å². The first kappa shape index (κ1) is 21.5. The van der Waals surface area contributed by atoms with Gasteiger partial charge in [-0.15, -0.1) is 0 Å². The van der Waals surface area contributed by atoms with Gasteiger partial charge in [0.2, 0.25) is 0 Å². The lowest BCUT2D eigenvalue weighted by atomic mass is 10.1. The molecular weight excluding hydrogens is 406 g/mol. The van der Waals surface area contributed by atoms with Gasteiger partial charge in [-0.05, 0) is 57.4 Å². The van der Waals surface area contributed by atoms with E-state index in [9.17, 15) is 9.90 Å². The Labute approximate surface area is 170 Å². The molecule has 2 rings (SSSR count). The Bertz CT molecular complexity index is 753. The number of benzene rings is 2. The number of amides is 1. The highest BCUT2D eigenvalue weighted by molar-refractivity contribution is 9.10. The highest BCUT2D eigenvalue weighted by Crippen LogP contribution is 2.20. The highest BCUT2D eigenvalue weighted by Gasteiger charge is 2.24. The van der Waals surface area contributed by atoms with Crippen LogP contribution in [0.4, 0.5) is 4.79 Å². The summed E-state index contributed by atoms with van der Waals surface area (Å²) in [6.45, 7) is 8.22. The molecule has 0 fully saturated rings. The molecule has 0 aliphatic rings. The van der Waals surface area contributed by atoms with Crippen molar-refractivity contribution in [1.82, 2.24) is 4.90 Å². The minimum absolute atomic E-state index is 0.178. The van der Waals surface area contributed by atoms with Crippen LogP contribution in [0.2, 0.25) is 0 Å². The third-order valence-electron chi connectivity index (χ3n) is 4.07. The first-order valence-electron chi connectivity index (χ1n) is 9.11. The summed E-state index contributed by atoms with van der Waals surface area (Å²) in [6, 6.07) is 15.7. The Kier molecular flexibility index (Phi) is 7.45. The van der Waals surface area contributed by atoms with Gasteiger partial charge in [-0.2, -0.15) is 0 Å². The fourth-order valence-corrected chi connectivity index (χ4v) is 3.05. The first-order valence-corrected chi connectivity index (χ1v) is 9.90. The van der Waals surface area contributed by atoms with Crippen LogP contribution in [0.5, 0.6) is 0 Å². The van der Waals surface area contributed by atoms with Gasteiger partial charge in [-0.3, -0.25) is 0 Å². The predicted octanol–water partition coefficient (Wildman–Crippen LogP) is 5.27. The largest absolute Gasteiger partial charge is 0.444 e. The van der Waals surface area contributed by atoms with Crippen molar-refractivity contribution < 1.29 is 14.6 Å². The number of carbonyl (C=O) groups is 1. The van der Waals surface area contributed by atoms with Crippen molar-refractivity contribution >= 4 is 22.0 Å². The Morgan fingerprint density at radius 2 is 1.85 bits per heavy atom. The second-order valence-electron chi connectivity index (χ2n) is 7.73. The van der Waals surface area contributed by atoms with Crippen LogP contribution in [-0.4, -0.2) is 34.8 Å². The summed E-state index contributed by atoms with van der Waals surface area (Å²) in [7, 11) is 0. The summed E-state index contributed by atoms with van der Waals surface area (Å²) in [5, 5.41) is 10.6. The third-order valence-corrected chi connectivity index (χ3v) is 4.56. The Morgan fingerprint density at radius 3 is 2.44 bits per heavy atom. The quantitative estimate of drug-likeness (QED) is 0.674. The first-order chi connectivity index (χ1) is 12.6. The third kappa shape index (κ3) is 7.35. The average molecular weight is 434 g/mol. The molecule has 2 aromatic carbocycles. The maximum atomic E-state index is 12.7. The minimum Gasteiger partial charge on any atom is -0.444 e. The van der Waals surface area contributed by atoms with E-state index in [1.165, 1.54) is 5.56 Å². The Balaban J connectivity index is 2.10. The van der Waals surface area contributed by atoms with Crippen molar-refractivity contribution in [2.45, 2.75) is 45.8 Å². The minimum atomic E-state index is -0.784. The molecule has 0 saturated heterocycles. The number of aliphatic hydroxyl groups excluding tert-OH is 1. The van der Waals surface area contributed by atoms with Crippen molar-refractivity contribution in [1.29, 1.82) is 0 Å². The van der Waals surface area contributed by atoms with E-state index < -0.39 is 17.8 Å². The van der Waals surface area contributed by atoms with Gasteiger partial charge < -0.3 is 14.7 Å². The lowest BCUT2D eigenvalue weighted by Crippen LogP contribution is -2.40. The molecule has 1 N–H and O–H groups in total. The second-order valence-corrected chi connectivity index (χ2v) is 8.65. The van der Waals surface area contributed by atoms with Crippen molar-refractivity contribution in [3.8, 4) is 0 Å². The lowest BCUT2D eigenvalue weighted by molar-refractivity contribution is 0.0147. The van der Waals surface area contributed by atoms with Crippen LogP contribution in [0, 0.1) is 6.92 Å². The number of ether oxygens (including phenoxy) is 1. The molecule has 0 heterocycles. The molecular formula is C22H28BrNO3. The molecule has 146 valence electrons. The van der Waals surface area contributed by atoms with E-state index in [-0.39, 0.29) is 6.54 Å². The highest BCUT2D eigenvalue weighted by atomic mass is 79.9. The number of hydrogen-bond acceptors (Lipinski definition) is 3. The molecule has 0 spiro atoms. The van der Waals surface area contributed by atoms with Crippen molar-refractivity contribution in [2.75, 3.05) is 13.1 Å². The van der Waals surface area contributed by atoms with E-state index >= 15 is 0 Å². The number of rotatable bonds is 6. The summed E-state index contributed by atoms with van der Waals surface area (Å²) in [5.41, 5.74) is 2.52. The molecule has 0 bridgehead atoms. The van der Waals surface area contributed by atoms with Gasteiger partial charge in [-0.1, -0.05) is 57.9 Å². The van der Waals surface area contributed by atoms with E-state index in [0.717, 1.165) is 15.6 Å². The number of aryl methyl sites for hydroxylation is 1. The maximum absolute atomic E-state index is 12.7. The van der Waals surface area contributed by atoms with Gasteiger partial charge in [0.1, 0.15) is 5.60 Å². The molecule has 0 aliphatic carbocycles. The second kappa shape index (κ2) is 9.38. The summed E-state index contributed by atoms with van der Waals surface area (Å²) in [4.78, 5) is 14.2. The summed E-state index contributed by atoms with van der Waals surface area (Å²) < 4.78 is 6.43. The molecule has 1 atom stereocenters. The Morgan fingerprint density at radius 1 is 1.19 bits per heavy atom. The van der Waals surface area contributed by atoms with E-state index in [2.05, 4.69) is 40.2 Å². The van der Waals surface area contributed by atoms with E-state index in [0.29, 0.717) is 13.0 Å². The fourth-order valence-electron chi connectivity index (χ4n) is 2.63. The molecule has 2 aromatic rings. The SMILES string of the molecule is Cc1ccc(CCN(C[C@H](O)c2cccc(Br)c2)C(=O)OC(C)(C)C)cc1. The maximum Gasteiger partial charge on any atom is 0.410 e. The molecule has 0 saturated carbocycles. The fraction of sp³-hybridized carbons (Fsp3) is 0.409. The Hall–Kier alpha value is -1.85. The van der Waals surface area contributed by atoms with Gasteiger partial charge in [0.05, 0.1) is 12.6 Å². The summed E-state index contributed by atoms with van der Waals surface area (Å²) >= 11 is 3.42. The van der Waals surface area contributed by atoms with Crippen LogP contribution in [-0.2, 0) is 11.2 Å². The lowest BCUT2D eigenvalue weighted by Gasteiger charge is -2.29. The van der Waals surface area contributed by atoms with Crippen LogP contribution < -0.4 is 0 Å². The molecule has 1 amide bonds. The van der Waals surface area contributed by atoms with Gasteiger partial charge in [0.25, 0.3) is 0 Å². The summed E-state index contributed by atoms with van der Waals surface area (Å²) in [6.07, 6.45) is -0.498. The summed E-state index contributed by atoms with van der Waals surface area (Å²) in [5.74, 6) is 0. The van der Waals surface area contributed by atoms with Crippen LogP contribution in [0.15, 0.2) is 53.0 Å². The average Bonchev–Trinajstić information content (AvgIpc) is 2.58. The zero-order chi connectivity index (χ0) is 20.0. The van der Waals surface area contributed by atoms with Gasteiger partial charge >= 0.3 is 6.09 Å². The predicted molar refractivity (Wildman–Crippen MR) is 112 cm³/mol. The van der Waals surface area contributed by atoms with Crippen molar-refractivity contribution in [3.63, 3.8) is 0 Å². The standard InChI is InChI=1S/C22H28BrNO3/c1-16-8-10-17(11-9-16)12-13-24(21(26)27-22(2,3)4)15-20(25)18-6-5-7-19(23)14-18/h5-11,14,20,25H,12-13,15H2,1-4H3/t20-/m0/s1. The van der Waals surface area contributed by atoms with Gasteiger partial charge in [-0.25, -0.2) is 4.79 Å². The molecule has 0 radical (unpaired) electrons.